The van der Waals surface area contributed by atoms with Crippen LogP contribution in [0.3, 0.4) is 0 Å². The summed E-state index contributed by atoms with van der Waals surface area (Å²) in [4.78, 5) is 77.9. The quantitative estimate of drug-likeness (QED) is 0.211. The number of nitrogens with two attached hydrogens (primary N) is 1. The van der Waals surface area contributed by atoms with Crippen LogP contribution in [0.1, 0.15) is 60.3 Å². The minimum atomic E-state index is -1.21. The first-order valence-electron chi connectivity index (χ1n) is 14.5. The van der Waals surface area contributed by atoms with Crippen molar-refractivity contribution < 1.29 is 24.0 Å². The van der Waals surface area contributed by atoms with E-state index in [0.29, 0.717) is 25.3 Å². The molecular formula is C30H44N6O6. The van der Waals surface area contributed by atoms with Crippen LogP contribution >= 0.6 is 0 Å². The number of ketones is 1. The molecule has 12 nitrogen and oxygen atoms in total. The van der Waals surface area contributed by atoms with Crippen molar-refractivity contribution in [3.05, 3.63) is 46.9 Å². The van der Waals surface area contributed by atoms with Crippen LogP contribution in [0.25, 0.3) is 0 Å². The Labute approximate surface area is 246 Å². The van der Waals surface area contributed by atoms with Gasteiger partial charge in [0.1, 0.15) is 18.1 Å². The fourth-order valence-corrected chi connectivity index (χ4v) is 4.87. The summed E-state index contributed by atoms with van der Waals surface area (Å²) in [5, 5.41) is 8.30. The molecule has 0 aromatic carbocycles. The number of aromatic nitrogens is 1. The van der Waals surface area contributed by atoms with E-state index in [1.54, 1.807) is 24.4 Å². The molecule has 230 valence electrons. The van der Waals surface area contributed by atoms with Crippen molar-refractivity contribution in [1.29, 1.82) is 0 Å². The highest BCUT2D eigenvalue weighted by Crippen LogP contribution is 2.30. The Morgan fingerprint density at radius 2 is 1.74 bits per heavy atom. The molecule has 1 aliphatic heterocycles. The minimum absolute atomic E-state index is 0.0108. The van der Waals surface area contributed by atoms with Gasteiger partial charge in [0, 0.05) is 25.4 Å². The normalized spacial score (nSPS) is 19.3. The van der Waals surface area contributed by atoms with Crippen LogP contribution in [0.2, 0.25) is 0 Å². The van der Waals surface area contributed by atoms with Crippen molar-refractivity contribution in [1.82, 2.24) is 25.4 Å². The number of nitrogens with zero attached hydrogens (tertiary/aromatic N) is 2. The fraction of sp³-hybridized carbons (Fsp3) is 0.600. The number of pyridine rings is 1. The summed E-state index contributed by atoms with van der Waals surface area (Å²) in [6.07, 6.45) is 7.81. The molecule has 0 bridgehead atoms. The zero-order valence-electron chi connectivity index (χ0n) is 25.1. The fourth-order valence-electron chi connectivity index (χ4n) is 4.87. The molecule has 3 rings (SSSR count). The first-order chi connectivity index (χ1) is 19.7. The highest BCUT2D eigenvalue weighted by atomic mass is 16.2. The van der Waals surface area contributed by atoms with Gasteiger partial charge in [-0.15, -0.1) is 0 Å². The number of primary amides is 1. The number of nitrogens with one attached hydrogen (secondary N) is 3. The Bertz CT molecular complexity index is 1260. The third kappa shape index (κ3) is 8.77. The molecule has 1 unspecified atom stereocenters. The van der Waals surface area contributed by atoms with E-state index < -0.39 is 59.1 Å². The molecule has 1 saturated heterocycles. The van der Waals surface area contributed by atoms with Gasteiger partial charge < -0.3 is 31.2 Å². The van der Waals surface area contributed by atoms with E-state index in [-0.39, 0.29) is 18.0 Å². The lowest BCUT2D eigenvalue weighted by Crippen LogP contribution is -2.60. The molecule has 1 aromatic rings. The van der Waals surface area contributed by atoms with Crippen molar-refractivity contribution >= 4 is 29.5 Å². The second kappa shape index (κ2) is 13.8. The van der Waals surface area contributed by atoms with Crippen LogP contribution in [0.5, 0.6) is 0 Å². The topological polar surface area (TPSA) is 173 Å². The number of urea groups is 1. The predicted octanol–water partition coefficient (Wildman–Crippen LogP) is 1.08. The summed E-state index contributed by atoms with van der Waals surface area (Å²) in [5.41, 5.74) is 4.30. The number of Topliss-reactive ketones (excluding diaryl/α,β-unsaturated/α-hetero) is 1. The lowest BCUT2D eigenvalue weighted by Gasteiger charge is -2.36. The van der Waals surface area contributed by atoms with E-state index in [0.717, 1.165) is 12.8 Å². The average molecular weight is 585 g/mol. The third-order valence-electron chi connectivity index (χ3n) is 7.66. The highest BCUT2D eigenvalue weighted by Gasteiger charge is 2.42. The number of carbonyl (C=O) groups is 5. The van der Waals surface area contributed by atoms with Gasteiger partial charge in [0.25, 0.3) is 11.5 Å². The lowest BCUT2D eigenvalue weighted by atomic mass is 9.85. The maximum absolute atomic E-state index is 13.9. The third-order valence-corrected chi connectivity index (χ3v) is 7.66. The van der Waals surface area contributed by atoms with Gasteiger partial charge in [0.2, 0.25) is 17.6 Å². The summed E-state index contributed by atoms with van der Waals surface area (Å²) >= 11 is 0. The van der Waals surface area contributed by atoms with Crippen molar-refractivity contribution in [2.75, 3.05) is 6.54 Å². The molecule has 2 aliphatic rings. The summed E-state index contributed by atoms with van der Waals surface area (Å²) in [6.45, 7) is 9.85. The Morgan fingerprint density at radius 1 is 1.05 bits per heavy atom. The van der Waals surface area contributed by atoms with Crippen molar-refractivity contribution in [3.8, 4) is 0 Å². The Kier molecular flexibility index (Phi) is 10.7. The number of allylic oxidation sites excluding steroid dienone is 1. The van der Waals surface area contributed by atoms with Gasteiger partial charge in [0.15, 0.2) is 0 Å². The van der Waals surface area contributed by atoms with E-state index >= 15 is 0 Å². The molecule has 42 heavy (non-hydrogen) atoms. The number of hydrogen-bond donors (Lipinski definition) is 4. The Morgan fingerprint density at radius 3 is 2.31 bits per heavy atom. The smallest absolute Gasteiger partial charge is 0.315 e. The molecule has 0 radical (unpaired) electrons. The second-order valence-corrected chi connectivity index (χ2v) is 12.6. The number of hydrogen-bond acceptors (Lipinski definition) is 6. The van der Waals surface area contributed by atoms with Gasteiger partial charge in [-0.2, -0.15) is 0 Å². The highest BCUT2D eigenvalue weighted by molar-refractivity contribution is 6.38. The minimum Gasteiger partial charge on any atom is -0.363 e. The maximum atomic E-state index is 13.9. The van der Waals surface area contributed by atoms with E-state index in [4.69, 9.17) is 5.73 Å². The molecular weight excluding hydrogens is 540 g/mol. The molecule has 5 N–H and O–H groups in total. The van der Waals surface area contributed by atoms with E-state index in [2.05, 4.69) is 16.0 Å². The van der Waals surface area contributed by atoms with Crippen LogP contribution in [-0.2, 0) is 25.7 Å². The van der Waals surface area contributed by atoms with Crippen LogP contribution in [0.4, 0.5) is 4.79 Å². The first-order valence-corrected chi connectivity index (χ1v) is 14.5. The number of rotatable bonds is 12. The lowest BCUT2D eigenvalue weighted by molar-refractivity contribution is -0.143. The summed E-state index contributed by atoms with van der Waals surface area (Å²) in [5.74, 6) is -2.78. The van der Waals surface area contributed by atoms with E-state index in [1.165, 1.54) is 21.6 Å². The molecule has 5 amide bonds. The van der Waals surface area contributed by atoms with Gasteiger partial charge in [-0.25, -0.2) is 4.79 Å². The number of amides is 5. The molecule has 2 fully saturated rings. The predicted molar refractivity (Wildman–Crippen MR) is 157 cm³/mol. The van der Waals surface area contributed by atoms with Crippen molar-refractivity contribution in [3.63, 3.8) is 0 Å². The summed E-state index contributed by atoms with van der Waals surface area (Å²) in [7, 11) is 0. The standard InChI is InChI=1S/C30H44N6O6/c1-18(2)21(17-35-15-7-6-10-23(35)37)33-29(42)34-25(30(3,4)5)28(41)36-16-8-9-22(36)27(40)32-20(24(38)26(31)39)14-13-19-11-12-19/h6-7,10,13-15,18-22,25H,8-9,11-12,16-17H2,1-5H3,(H2,31,39)(H,32,40)(H2,33,34,42)/b14-13+/t20?,21-,22+,25-/m1/s1. The monoisotopic (exact) mass is 584 g/mol. The van der Waals surface area contributed by atoms with Gasteiger partial charge >= 0.3 is 6.03 Å². The largest absolute Gasteiger partial charge is 0.363 e. The maximum Gasteiger partial charge on any atom is 0.315 e. The molecule has 2 heterocycles. The van der Waals surface area contributed by atoms with E-state index in [9.17, 15) is 28.8 Å². The van der Waals surface area contributed by atoms with Crippen LogP contribution in [0.15, 0.2) is 41.3 Å². The zero-order valence-corrected chi connectivity index (χ0v) is 25.1. The molecule has 0 spiro atoms. The van der Waals surface area contributed by atoms with Gasteiger partial charge in [-0.3, -0.25) is 24.0 Å². The Hall–Kier alpha value is -3.96. The van der Waals surface area contributed by atoms with E-state index in [1.807, 2.05) is 34.6 Å². The molecule has 12 heteroatoms. The van der Waals surface area contributed by atoms with Crippen molar-refractivity contribution in [2.45, 2.75) is 91.0 Å². The van der Waals surface area contributed by atoms with Crippen molar-refractivity contribution in [2.24, 2.45) is 23.0 Å². The number of likely N-dealkylation sites (tertiary alicyclic amines) is 1. The first kappa shape index (κ1) is 32.6. The SMILES string of the molecule is CC(C)[C@@H](Cn1ccccc1=O)NC(=O)N[C@H](C(=O)N1CCC[C@H]1C(=O)NC(/C=C/C1CC1)C(=O)C(N)=O)C(C)(C)C. The van der Waals surface area contributed by atoms with Gasteiger partial charge in [-0.1, -0.05) is 52.8 Å². The molecule has 1 aliphatic carbocycles. The summed E-state index contributed by atoms with van der Waals surface area (Å²) < 4.78 is 1.51. The Balaban J connectivity index is 1.72. The second-order valence-electron chi connectivity index (χ2n) is 12.6. The summed E-state index contributed by atoms with van der Waals surface area (Å²) in [6, 6.07) is 0.817. The van der Waals surface area contributed by atoms with Crippen LogP contribution in [-0.4, -0.2) is 69.7 Å². The number of carbonyl (C=O) groups excluding carboxylic acids is 5. The van der Waals surface area contributed by atoms with Gasteiger partial charge in [0.05, 0.1) is 6.04 Å². The van der Waals surface area contributed by atoms with Crippen LogP contribution in [0, 0.1) is 17.3 Å². The van der Waals surface area contributed by atoms with Gasteiger partial charge in [-0.05, 0) is 49.0 Å². The molecule has 1 saturated carbocycles. The van der Waals surface area contributed by atoms with Crippen LogP contribution < -0.4 is 27.2 Å². The zero-order chi connectivity index (χ0) is 31.2. The average Bonchev–Trinajstić information content (AvgIpc) is 3.61. The molecule has 1 aromatic heterocycles. The molecule has 4 atom stereocenters.